The second kappa shape index (κ2) is 8.75. The number of hydrogen-bond donors (Lipinski definition) is 2. The molecule has 0 saturated heterocycles. The fourth-order valence-electron chi connectivity index (χ4n) is 0.732. The van der Waals surface area contributed by atoms with E-state index in [1.54, 1.807) is 6.08 Å². The zero-order valence-corrected chi connectivity index (χ0v) is 11.1. The van der Waals surface area contributed by atoms with Gasteiger partial charge in [0.25, 0.3) is 0 Å². The molecule has 4 nitrogen and oxygen atoms in total. The van der Waals surface area contributed by atoms with E-state index in [0.717, 1.165) is 11.6 Å². The van der Waals surface area contributed by atoms with E-state index >= 15 is 0 Å². The van der Waals surface area contributed by atoms with Crippen LogP contribution in [-0.2, 0) is 4.79 Å². The molecule has 0 amide bonds. The van der Waals surface area contributed by atoms with Gasteiger partial charge in [0.2, 0.25) is 0 Å². The second-order valence-electron chi connectivity index (χ2n) is 4.20. The molecule has 0 aliphatic carbocycles. The minimum atomic E-state index is -0.922. The fourth-order valence-corrected chi connectivity index (χ4v) is 0.732. The van der Waals surface area contributed by atoms with E-state index in [1.165, 1.54) is 0 Å². The average molecular weight is 260 g/mol. The molecule has 5 heteroatoms. The van der Waals surface area contributed by atoms with Crippen molar-refractivity contribution in [3.63, 3.8) is 0 Å². The molecule has 1 aromatic carbocycles. The van der Waals surface area contributed by atoms with Crippen molar-refractivity contribution in [2.75, 3.05) is 21.1 Å². The molecule has 0 radical (unpaired) electrons. The third kappa shape index (κ3) is 17.3. The number of aliphatic carboxylic acids is 1. The van der Waals surface area contributed by atoms with Gasteiger partial charge in [-0.2, -0.15) is 5.84 Å². The molecule has 0 aliphatic heterocycles. The van der Waals surface area contributed by atoms with Gasteiger partial charge in [0, 0.05) is 6.08 Å². The largest absolute Gasteiger partial charge is 0.478 e. The summed E-state index contributed by atoms with van der Waals surface area (Å²) in [4.78, 5) is 10.1. The lowest BCUT2D eigenvalue weighted by atomic mass is 10.2. The van der Waals surface area contributed by atoms with E-state index in [0.29, 0.717) is 4.59 Å². The first-order chi connectivity index (χ1) is 7.29. The molecule has 1 aromatic rings. The highest BCUT2D eigenvalue weighted by atomic mass is 35.5. The molecule has 0 spiro atoms. The van der Waals surface area contributed by atoms with Crippen molar-refractivity contribution in [2.24, 2.45) is 5.84 Å². The van der Waals surface area contributed by atoms with Crippen LogP contribution >= 0.6 is 12.4 Å². The summed E-state index contributed by atoms with van der Waals surface area (Å²) in [6, 6.07) is 9.31. The number of carboxylic acids is 1. The molecule has 0 atom stereocenters. The smallest absolute Gasteiger partial charge is 0.328 e. The molecule has 0 aliphatic rings. The van der Waals surface area contributed by atoms with Gasteiger partial charge in [0.1, 0.15) is 0 Å². The Morgan fingerprint density at radius 2 is 1.65 bits per heavy atom. The van der Waals surface area contributed by atoms with E-state index in [1.807, 2.05) is 51.5 Å². The Morgan fingerprint density at radius 1 is 1.24 bits per heavy atom. The standard InChI is InChI=1S/C9H8O2.C3H11N2.ClH/c10-9(11)7-6-8-4-2-1-3-5-8;1-5(2,3)4;/h1-7H,(H,10,11);4H2,1-3H3;1H/q;+1;/b7-6+;;. The van der Waals surface area contributed by atoms with Crippen LogP contribution in [0.1, 0.15) is 5.56 Å². The van der Waals surface area contributed by atoms with Crippen molar-refractivity contribution >= 4 is 24.5 Å². The topological polar surface area (TPSA) is 63.3 Å². The van der Waals surface area contributed by atoms with Gasteiger partial charge in [0.15, 0.2) is 0 Å². The monoisotopic (exact) mass is 259 g/mol. The van der Waals surface area contributed by atoms with Crippen molar-refractivity contribution in [3.8, 4) is 0 Å². The highest BCUT2D eigenvalue weighted by Crippen LogP contribution is 1.99. The Hall–Kier alpha value is -1.36. The van der Waals surface area contributed by atoms with Crippen molar-refractivity contribution in [2.45, 2.75) is 0 Å². The maximum absolute atomic E-state index is 10.1. The van der Waals surface area contributed by atoms with Crippen LogP contribution in [-0.4, -0.2) is 36.8 Å². The average Bonchev–Trinajstić information content (AvgIpc) is 2.14. The summed E-state index contributed by atoms with van der Waals surface area (Å²) in [5.74, 6) is 4.37. The van der Waals surface area contributed by atoms with Gasteiger partial charge in [-0.1, -0.05) is 30.3 Å². The van der Waals surface area contributed by atoms with Crippen LogP contribution in [0.5, 0.6) is 0 Å². The zero-order valence-electron chi connectivity index (χ0n) is 10.3. The molecule has 0 heterocycles. The molecule has 0 fully saturated rings. The summed E-state index contributed by atoms with van der Waals surface area (Å²) in [6.07, 6.45) is 2.68. The summed E-state index contributed by atoms with van der Waals surface area (Å²) < 4.78 is 0.500. The molecule has 0 unspecified atom stereocenters. The molecular formula is C12H20ClN2O2+. The molecule has 3 N–H and O–H groups in total. The van der Waals surface area contributed by atoms with Gasteiger partial charge in [-0.15, -0.1) is 12.4 Å². The molecular weight excluding hydrogens is 240 g/mol. The van der Waals surface area contributed by atoms with Crippen LogP contribution < -0.4 is 5.84 Å². The minimum Gasteiger partial charge on any atom is -0.478 e. The van der Waals surface area contributed by atoms with Gasteiger partial charge in [-0.25, -0.2) is 4.79 Å². The van der Waals surface area contributed by atoms with Crippen molar-refractivity contribution in [3.05, 3.63) is 42.0 Å². The number of carboxylic acid groups (broad SMARTS) is 1. The molecule has 17 heavy (non-hydrogen) atoms. The van der Waals surface area contributed by atoms with E-state index < -0.39 is 5.97 Å². The van der Waals surface area contributed by atoms with Crippen LogP contribution in [0, 0.1) is 0 Å². The Balaban J connectivity index is 0. The number of nitrogens with two attached hydrogens (primary N) is 1. The first kappa shape index (κ1) is 18.0. The predicted octanol–water partition coefficient (Wildman–Crippen LogP) is 1.77. The maximum atomic E-state index is 10.1. The first-order valence-electron chi connectivity index (χ1n) is 4.85. The SMILES string of the molecule is C[N+](C)(C)N.Cl.O=C(O)/C=C/c1ccccc1. The summed E-state index contributed by atoms with van der Waals surface area (Å²) in [5, 5.41) is 8.29. The summed E-state index contributed by atoms with van der Waals surface area (Å²) in [7, 11) is 5.71. The second-order valence-corrected chi connectivity index (χ2v) is 4.20. The molecule has 0 aromatic heterocycles. The lowest BCUT2D eigenvalue weighted by Crippen LogP contribution is -2.41. The molecule has 1 rings (SSSR count). The number of benzene rings is 1. The van der Waals surface area contributed by atoms with Crippen LogP contribution in [0.2, 0.25) is 0 Å². The van der Waals surface area contributed by atoms with Crippen LogP contribution in [0.15, 0.2) is 36.4 Å². The van der Waals surface area contributed by atoms with Crippen LogP contribution in [0.4, 0.5) is 0 Å². The van der Waals surface area contributed by atoms with Gasteiger partial charge in [-0.05, 0) is 11.6 Å². The fraction of sp³-hybridized carbons (Fsp3) is 0.250. The van der Waals surface area contributed by atoms with Crippen LogP contribution in [0.3, 0.4) is 0 Å². The van der Waals surface area contributed by atoms with Gasteiger partial charge >= 0.3 is 5.97 Å². The lowest BCUT2D eigenvalue weighted by Gasteiger charge is -2.12. The van der Waals surface area contributed by atoms with Gasteiger partial charge in [0.05, 0.1) is 21.1 Å². The lowest BCUT2D eigenvalue weighted by molar-refractivity contribution is -0.882. The van der Waals surface area contributed by atoms with Gasteiger partial charge < -0.3 is 5.11 Å². The first-order valence-corrected chi connectivity index (χ1v) is 4.85. The third-order valence-electron chi connectivity index (χ3n) is 1.22. The number of nitrogens with zero attached hydrogens (tertiary/aromatic N) is 1. The predicted molar refractivity (Wildman–Crippen MR) is 72.6 cm³/mol. The number of quaternary nitrogens is 1. The van der Waals surface area contributed by atoms with Crippen molar-refractivity contribution in [1.29, 1.82) is 0 Å². The summed E-state index contributed by atoms with van der Waals surface area (Å²) in [6.45, 7) is 0. The third-order valence-corrected chi connectivity index (χ3v) is 1.22. The van der Waals surface area contributed by atoms with Crippen LogP contribution in [0.25, 0.3) is 6.08 Å². The number of carbonyl (C=O) groups is 1. The Morgan fingerprint density at radius 3 is 2.00 bits per heavy atom. The van der Waals surface area contributed by atoms with Crippen molar-refractivity contribution < 1.29 is 14.5 Å². The van der Waals surface area contributed by atoms with Gasteiger partial charge in [-0.3, -0.25) is 4.59 Å². The van der Waals surface area contributed by atoms with E-state index in [2.05, 4.69) is 0 Å². The highest BCUT2D eigenvalue weighted by Gasteiger charge is 1.89. The maximum Gasteiger partial charge on any atom is 0.328 e. The number of rotatable bonds is 2. The van der Waals surface area contributed by atoms with Crippen molar-refractivity contribution in [1.82, 2.24) is 0 Å². The Labute approximate surface area is 108 Å². The minimum absolute atomic E-state index is 0. The molecule has 96 valence electrons. The molecule has 0 bridgehead atoms. The number of halogens is 1. The quantitative estimate of drug-likeness (QED) is 0.368. The Kier molecular flexibility index (Phi) is 9.28. The Bertz CT molecular complexity index is 339. The molecule has 0 saturated carbocycles. The van der Waals surface area contributed by atoms with E-state index in [9.17, 15) is 4.79 Å². The summed E-state index contributed by atoms with van der Waals surface area (Å²) >= 11 is 0. The number of hydrogen-bond acceptors (Lipinski definition) is 2. The normalized spacial score (nSPS) is 10.1. The van der Waals surface area contributed by atoms with E-state index in [-0.39, 0.29) is 12.4 Å². The summed E-state index contributed by atoms with van der Waals surface area (Å²) in [5.41, 5.74) is 0.898. The highest BCUT2D eigenvalue weighted by molar-refractivity contribution is 5.85. The zero-order chi connectivity index (χ0) is 12.6. The van der Waals surface area contributed by atoms with E-state index in [4.69, 9.17) is 10.9 Å².